The van der Waals surface area contributed by atoms with Crippen molar-refractivity contribution in [3.05, 3.63) is 48.6 Å². The molecule has 0 bridgehead atoms. The Labute approximate surface area is 201 Å². The number of rotatable bonds is 19. The van der Waals surface area contributed by atoms with Gasteiger partial charge in [-0.1, -0.05) is 68.4 Å². The molecule has 4 N–H and O–H groups in total. The van der Waals surface area contributed by atoms with Crippen LogP contribution in [0.3, 0.4) is 0 Å². The molecule has 0 fully saturated rings. The van der Waals surface area contributed by atoms with Crippen molar-refractivity contribution in [2.75, 3.05) is 5.75 Å². The number of allylic oxidation sites excluding steroid dienone is 7. The van der Waals surface area contributed by atoms with Crippen molar-refractivity contribution in [3.63, 3.8) is 0 Å². The van der Waals surface area contributed by atoms with Gasteiger partial charge in [0.1, 0.15) is 6.04 Å². The van der Waals surface area contributed by atoms with Gasteiger partial charge in [-0.15, -0.1) is 11.8 Å². The zero-order valence-electron chi connectivity index (χ0n) is 19.7. The second-order valence-electron chi connectivity index (χ2n) is 7.64. The lowest BCUT2D eigenvalue weighted by molar-refractivity contribution is -0.140. The molecule has 33 heavy (non-hydrogen) atoms. The van der Waals surface area contributed by atoms with Crippen LogP contribution < -0.4 is 5.32 Å². The molecule has 8 heteroatoms. The van der Waals surface area contributed by atoms with Crippen molar-refractivity contribution in [1.29, 1.82) is 0 Å². The van der Waals surface area contributed by atoms with Crippen LogP contribution in [0.5, 0.6) is 0 Å². The maximum absolute atomic E-state index is 11.3. The molecule has 0 rings (SSSR count). The number of carbonyl (C=O) groups is 3. The summed E-state index contributed by atoms with van der Waals surface area (Å²) in [5, 5.41) is 30.5. The van der Waals surface area contributed by atoms with Crippen LogP contribution in [0, 0.1) is 0 Å². The van der Waals surface area contributed by atoms with Crippen LogP contribution in [-0.2, 0) is 14.4 Å². The van der Waals surface area contributed by atoms with E-state index in [0.29, 0.717) is 6.42 Å². The van der Waals surface area contributed by atoms with Gasteiger partial charge in [-0.2, -0.15) is 0 Å². The van der Waals surface area contributed by atoms with Gasteiger partial charge >= 0.3 is 11.9 Å². The van der Waals surface area contributed by atoms with E-state index in [1.54, 1.807) is 12.2 Å². The number of unbranched alkanes of at least 4 members (excludes halogenated alkanes) is 3. The Bertz CT molecular complexity index is 686. The van der Waals surface area contributed by atoms with Crippen LogP contribution in [0.1, 0.15) is 65.2 Å². The first-order valence-corrected chi connectivity index (χ1v) is 12.5. The molecule has 7 nitrogen and oxygen atoms in total. The summed E-state index contributed by atoms with van der Waals surface area (Å²) in [6.45, 7) is 3.44. The van der Waals surface area contributed by atoms with Crippen molar-refractivity contribution in [3.8, 4) is 0 Å². The van der Waals surface area contributed by atoms with Crippen molar-refractivity contribution < 1.29 is 29.7 Å². The standard InChI is InChI=1S/C25H39NO6S/c1-3-4-5-6-7-8-9-10-11-12-13-14-17-23(22(28)16-15-18-24(29)30)33-19-21(25(31)32)26-20(2)27/h7-8,10-14,17,21-23,28H,3-6,9,15-16,18-19H2,1-2H3,(H,26,27)(H,29,30)(H,31,32)/b8-7-,11-10+,13-12+,17-14+/t21?,22?,23-/m1/s1. The van der Waals surface area contributed by atoms with Gasteiger partial charge in [-0.25, -0.2) is 4.79 Å². The Kier molecular flexibility index (Phi) is 18.9. The molecule has 1 amide bonds. The number of hydrogen-bond acceptors (Lipinski definition) is 5. The number of aliphatic carboxylic acids is 2. The van der Waals surface area contributed by atoms with Gasteiger partial charge in [0.25, 0.3) is 0 Å². The first kappa shape index (κ1) is 30.7. The summed E-state index contributed by atoms with van der Waals surface area (Å²) >= 11 is 1.21. The van der Waals surface area contributed by atoms with E-state index < -0.39 is 35.2 Å². The van der Waals surface area contributed by atoms with Gasteiger partial charge in [-0.05, 0) is 32.1 Å². The maximum Gasteiger partial charge on any atom is 0.327 e. The molecule has 0 aromatic rings. The molecule has 0 radical (unpaired) electrons. The normalized spacial score (nSPS) is 14.9. The average molecular weight is 482 g/mol. The van der Waals surface area contributed by atoms with Crippen LogP contribution in [0.25, 0.3) is 0 Å². The lowest BCUT2D eigenvalue weighted by Crippen LogP contribution is -2.42. The van der Waals surface area contributed by atoms with E-state index in [1.807, 2.05) is 24.3 Å². The summed E-state index contributed by atoms with van der Waals surface area (Å²) in [6.07, 6.45) is 20.9. The number of carbonyl (C=O) groups excluding carboxylic acids is 1. The van der Waals surface area contributed by atoms with Crippen LogP contribution in [0.15, 0.2) is 48.6 Å². The summed E-state index contributed by atoms with van der Waals surface area (Å²) in [4.78, 5) is 33.3. The number of carboxylic acids is 2. The number of carboxylic acid groups (broad SMARTS) is 2. The molecular formula is C25H39NO6S. The lowest BCUT2D eigenvalue weighted by atomic mass is 10.1. The van der Waals surface area contributed by atoms with Gasteiger partial charge in [-0.3, -0.25) is 9.59 Å². The molecule has 0 aromatic heterocycles. The van der Waals surface area contributed by atoms with E-state index in [4.69, 9.17) is 5.11 Å². The van der Waals surface area contributed by atoms with Crippen molar-refractivity contribution >= 4 is 29.6 Å². The predicted octanol–water partition coefficient (Wildman–Crippen LogP) is 4.49. The molecule has 0 spiro atoms. The Balaban J connectivity index is 4.78. The summed E-state index contributed by atoms with van der Waals surface area (Å²) in [5.41, 5.74) is 0. The Morgan fingerprint density at radius 3 is 2.33 bits per heavy atom. The minimum absolute atomic E-state index is 0.0421. The average Bonchev–Trinajstić information content (AvgIpc) is 2.74. The largest absolute Gasteiger partial charge is 0.481 e. The van der Waals surface area contributed by atoms with Crippen LogP contribution in [-0.4, -0.2) is 56.3 Å². The van der Waals surface area contributed by atoms with E-state index in [1.165, 1.54) is 37.9 Å². The van der Waals surface area contributed by atoms with Gasteiger partial charge in [0, 0.05) is 24.3 Å². The van der Waals surface area contributed by atoms with Gasteiger partial charge < -0.3 is 20.6 Å². The molecule has 0 aliphatic rings. The Hall–Kier alpha value is -2.32. The fourth-order valence-corrected chi connectivity index (χ4v) is 4.01. The molecule has 0 saturated carbocycles. The zero-order chi connectivity index (χ0) is 24.9. The second-order valence-corrected chi connectivity index (χ2v) is 8.85. The van der Waals surface area contributed by atoms with Gasteiger partial charge in [0.05, 0.1) is 6.10 Å². The molecule has 0 aliphatic heterocycles. The minimum Gasteiger partial charge on any atom is -0.481 e. The molecule has 0 heterocycles. The molecule has 3 atom stereocenters. The zero-order valence-corrected chi connectivity index (χ0v) is 20.5. The highest BCUT2D eigenvalue weighted by Gasteiger charge is 2.23. The van der Waals surface area contributed by atoms with Crippen molar-refractivity contribution in [2.45, 2.75) is 82.6 Å². The highest BCUT2D eigenvalue weighted by Crippen LogP contribution is 2.21. The predicted molar refractivity (Wildman–Crippen MR) is 134 cm³/mol. The highest BCUT2D eigenvalue weighted by atomic mass is 32.2. The van der Waals surface area contributed by atoms with E-state index in [-0.39, 0.29) is 18.6 Å². The number of thioether (sulfide) groups is 1. The van der Waals surface area contributed by atoms with Gasteiger partial charge in [0.15, 0.2) is 0 Å². The third-order valence-corrected chi connectivity index (χ3v) is 5.97. The first-order valence-electron chi connectivity index (χ1n) is 11.4. The fraction of sp³-hybridized carbons (Fsp3) is 0.560. The topological polar surface area (TPSA) is 124 Å². The van der Waals surface area contributed by atoms with Gasteiger partial charge in [0.2, 0.25) is 5.91 Å². The molecule has 186 valence electrons. The second kappa shape index (κ2) is 20.3. The third kappa shape index (κ3) is 18.9. The van der Waals surface area contributed by atoms with Crippen molar-refractivity contribution in [2.24, 2.45) is 0 Å². The maximum atomic E-state index is 11.3. The molecule has 0 aliphatic carbocycles. The lowest BCUT2D eigenvalue weighted by Gasteiger charge is -2.21. The van der Waals surface area contributed by atoms with Crippen LogP contribution in [0.2, 0.25) is 0 Å². The quantitative estimate of drug-likeness (QED) is 0.122. The third-order valence-electron chi connectivity index (χ3n) is 4.58. The SMILES string of the molecule is CCCCC/C=C\C/C=C/C=C/C=C/[C@@H](SCC(NC(C)=O)C(=O)O)C(O)CCCC(=O)O. The molecular weight excluding hydrogens is 442 g/mol. The molecule has 2 unspecified atom stereocenters. The number of amides is 1. The van der Waals surface area contributed by atoms with Crippen LogP contribution >= 0.6 is 11.8 Å². The summed E-state index contributed by atoms with van der Waals surface area (Å²) in [7, 11) is 0. The monoisotopic (exact) mass is 481 g/mol. The minimum atomic E-state index is -1.15. The van der Waals surface area contributed by atoms with E-state index in [9.17, 15) is 24.6 Å². The van der Waals surface area contributed by atoms with E-state index in [0.717, 1.165) is 12.8 Å². The molecule has 0 aromatic carbocycles. The number of nitrogens with one attached hydrogen (secondary N) is 1. The van der Waals surface area contributed by atoms with E-state index >= 15 is 0 Å². The number of aliphatic hydroxyl groups is 1. The molecule has 0 saturated heterocycles. The smallest absolute Gasteiger partial charge is 0.327 e. The van der Waals surface area contributed by atoms with Crippen molar-refractivity contribution in [1.82, 2.24) is 5.32 Å². The first-order chi connectivity index (χ1) is 15.8. The summed E-state index contributed by atoms with van der Waals surface area (Å²) in [5.74, 6) is -2.44. The van der Waals surface area contributed by atoms with Crippen LogP contribution in [0.4, 0.5) is 0 Å². The number of hydrogen-bond donors (Lipinski definition) is 4. The number of aliphatic hydroxyl groups excluding tert-OH is 1. The Morgan fingerprint density at radius 2 is 1.70 bits per heavy atom. The summed E-state index contributed by atoms with van der Waals surface area (Å²) in [6, 6.07) is -1.07. The van der Waals surface area contributed by atoms with E-state index in [2.05, 4.69) is 24.4 Å². The summed E-state index contributed by atoms with van der Waals surface area (Å²) < 4.78 is 0. The highest BCUT2D eigenvalue weighted by molar-refractivity contribution is 8.00. The fourth-order valence-electron chi connectivity index (χ4n) is 2.81. The Morgan fingerprint density at radius 1 is 0.970 bits per heavy atom.